The molecule has 0 saturated heterocycles. The second-order valence-electron chi connectivity index (χ2n) is 4.49. The minimum Gasteiger partial charge on any atom is -0.384 e. The maximum atomic E-state index is 14.0. The van der Waals surface area contributed by atoms with E-state index in [2.05, 4.69) is 23.7 Å². The van der Waals surface area contributed by atoms with E-state index in [0.717, 1.165) is 18.7 Å². The Morgan fingerprint density at radius 2 is 2.25 bits per heavy atom. The molecule has 2 rings (SSSR count). The van der Waals surface area contributed by atoms with Gasteiger partial charge in [-0.2, -0.15) is 0 Å². The lowest BCUT2D eigenvalue weighted by molar-refractivity contribution is 0.350. The Morgan fingerprint density at radius 1 is 1.40 bits per heavy atom. The number of nitrogens with zero attached hydrogens (tertiary/aromatic N) is 2. The number of aromatic nitrogens is 2. The van der Waals surface area contributed by atoms with Crippen molar-refractivity contribution >= 4 is 0 Å². The van der Waals surface area contributed by atoms with Gasteiger partial charge in [0.05, 0.1) is 6.54 Å². The smallest absolute Gasteiger partial charge is 0.129 e. The Hall–Kier alpha value is -2.12. The Balaban J connectivity index is 2.19. The molecule has 0 bridgehead atoms. The van der Waals surface area contributed by atoms with Crippen molar-refractivity contribution in [1.82, 2.24) is 9.55 Å². The largest absolute Gasteiger partial charge is 0.384 e. The van der Waals surface area contributed by atoms with E-state index in [-0.39, 0.29) is 12.4 Å². The van der Waals surface area contributed by atoms with E-state index in [1.807, 2.05) is 10.8 Å². The standard InChI is InChI=1S/C16H17FN2O/c1-2-4-16-18-8-9-19(16)12-14-7-6-13(5-3-10-20)11-15(14)17/h6-9,11,20H,2,4,10,12H2,1H3. The lowest BCUT2D eigenvalue weighted by atomic mass is 10.1. The average Bonchev–Trinajstić information content (AvgIpc) is 2.87. The minimum absolute atomic E-state index is 0.223. The van der Waals surface area contributed by atoms with Gasteiger partial charge in [0.2, 0.25) is 0 Å². The van der Waals surface area contributed by atoms with Crippen LogP contribution in [0.1, 0.15) is 30.3 Å². The van der Waals surface area contributed by atoms with Gasteiger partial charge in [-0.15, -0.1) is 0 Å². The molecule has 1 heterocycles. The molecule has 0 aliphatic heterocycles. The maximum Gasteiger partial charge on any atom is 0.129 e. The molecule has 0 amide bonds. The molecule has 0 unspecified atom stereocenters. The number of aryl methyl sites for hydroxylation is 1. The van der Waals surface area contributed by atoms with Crippen LogP contribution in [0.2, 0.25) is 0 Å². The summed E-state index contributed by atoms with van der Waals surface area (Å²) >= 11 is 0. The van der Waals surface area contributed by atoms with E-state index in [9.17, 15) is 4.39 Å². The Labute approximate surface area is 118 Å². The Morgan fingerprint density at radius 3 is 2.95 bits per heavy atom. The third-order valence-corrected chi connectivity index (χ3v) is 2.98. The molecule has 0 fully saturated rings. The molecule has 4 heteroatoms. The van der Waals surface area contributed by atoms with Crippen molar-refractivity contribution in [3.8, 4) is 11.8 Å². The van der Waals surface area contributed by atoms with Gasteiger partial charge in [-0.3, -0.25) is 0 Å². The van der Waals surface area contributed by atoms with Gasteiger partial charge < -0.3 is 9.67 Å². The van der Waals surface area contributed by atoms with Gasteiger partial charge in [0.25, 0.3) is 0 Å². The maximum absolute atomic E-state index is 14.0. The number of halogens is 1. The Bertz CT molecular complexity index is 637. The third kappa shape index (κ3) is 3.46. The Kier molecular flexibility index (Phi) is 4.91. The summed E-state index contributed by atoms with van der Waals surface area (Å²) in [5.74, 6) is 5.88. The van der Waals surface area contributed by atoms with Crippen LogP contribution in [0.5, 0.6) is 0 Å². The topological polar surface area (TPSA) is 38.0 Å². The summed E-state index contributed by atoms with van der Waals surface area (Å²) in [5, 5.41) is 8.63. The fourth-order valence-corrected chi connectivity index (χ4v) is 2.01. The molecule has 2 aromatic rings. The number of hydrogen-bond acceptors (Lipinski definition) is 2. The molecule has 0 aliphatic carbocycles. The molecule has 1 aromatic carbocycles. The van der Waals surface area contributed by atoms with Gasteiger partial charge in [-0.1, -0.05) is 24.8 Å². The van der Waals surface area contributed by atoms with Crippen LogP contribution in [0.3, 0.4) is 0 Å². The number of benzene rings is 1. The van der Waals surface area contributed by atoms with Crippen LogP contribution in [0.25, 0.3) is 0 Å². The highest BCUT2D eigenvalue weighted by atomic mass is 19.1. The normalized spacial score (nSPS) is 10.2. The van der Waals surface area contributed by atoms with E-state index in [0.29, 0.717) is 17.7 Å². The quantitative estimate of drug-likeness (QED) is 0.868. The number of aliphatic hydroxyl groups excluding tert-OH is 1. The first-order valence-electron chi connectivity index (χ1n) is 6.62. The zero-order valence-corrected chi connectivity index (χ0v) is 11.4. The lowest BCUT2D eigenvalue weighted by Gasteiger charge is -2.08. The van der Waals surface area contributed by atoms with E-state index in [1.165, 1.54) is 6.07 Å². The molecule has 104 valence electrons. The summed E-state index contributed by atoms with van der Waals surface area (Å²) in [7, 11) is 0. The van der Waals surface area contributed by atoms with E-state index in [4.69, 9.17) is 5.11 Å². The second-order valence-corrected chi connectivity index (χ2v) is 4.49. The van der Waals surface area contributed by atoms with Crippen molar-refractivity contribution in [1.29, 1.82) is 0 Å². The first-order valence-corrected chi connectivity index (χ1v) is 6.62. The summed E-state index contributed by atoms with van der Waals surface area (Å²) < 4.78 is 16.0. The minimum atomic E-state index is -0.286. The fourth-order valence-electron chi connectivity index (χ4n) is 2.01. The predicted octanol–water partition coefficient (Wildman–Crippen LogP) is 2.37. The molecule has 0 radical (unpaired) electrons. The third-order valence-electron chi connectivity index (χ3n) is 2.98. The van der Waals surface area contributed by atoms with Gasteiger partial charge in [0, 0.05) is 29.9 Å². The van der Waals surface area contributed by atoms with Crippen LogP contribution in [0, 0.1) is 17.7 Å². The van der Waals surface area contributed by atoms with Crippen molar-refractivity contribution in [2.45, 2.75) is 26.3 Å². The first-order chi connectivity index (χ1) is 9.74. The molecule has 0 spiro atoms. The van der Waals surface area contributed by atoms with Gasteiger partial charge in [0.15, 0.2) is 0 Å². The van der Waals surface area contributed by atoms with Crippen LogP contribution in [0.15, 0.2) is 30.6 Å². The fraction of sp³-hybridized carbons (Fsp3) is 0.312. The van der Waals surface area contributed by atoms with Gasteiger partial charge in [0.1, 0.15) is 18.2 Å². The highest BCUT2D eigenvalue weighted by Gasteiger charge is 2.07. The zero-order chi connectivity index (χ0) is 14.4. The summed E-state index contributed by atoms with van der Waals surface area (Å²) in [6.45, 7) is 2.34. The molecular weight excluding hydrogens is 255 g/mol. The van der Waals surface area contributed by atoms with Crippen LogP contribution in [0.4, 0.5) is 4.39 Å². The second kappa shape index (κ2) is 6.88. The van der Waals surface area contributed by atoms with Crippen LogP contribution in [-0.4, -0.2) is 21.3 Å². The van der Waals surface area contributed by atoms with Crippen molar-refractivity contribution in [3.63, 3.8) is 0 Å². The molecule has 0 aliphatic rings. The SMILES string of the molecule is CCCc1nccn1Cc1ccc(C#CCO)cc1F. The molecule has 0 atom stereocenters. The van der Waals surface area contributed by atoms with Crippen molar-refractivity contribution in [3.05, 3.63) is 53.4 Å². The zero-order valence-electron chi connectivity index (χ0n) is 11.4. The van der Waals surface area contributed by atoms with Crippen LogP contribution in [-0.2, 0) is 13.0 Å². The van der Waals surface area contributed by atoms with Gasteiger partial charge in [-0.05, 0) is 18.6 Å². The van der Waals surface area contributed by atoms with Crippen LogP contribution >= 0.6 is 0 Å². The molecular formula is C16H17FN2O. The first kappa shape index (κ1) is 14.3. The monoisotopic (exact) mass is 272 g/mol. The summed E-state index contributed by atoms with van der Waals surface area (Å²) in [6.07, 6.45) is 5.50. The summed E-state index contributed by atoms with van der Waals surface area (Å²) in [4.78, 5) is 4.28. The highest BCUT2D eigenvalue weighted by molar-refractivity contribution is 5.37. The number of hydrogen-bond donors (Lipinski definition) is 1. The van der Waals surface area contributed by atoms with Gasteiger partial charge in [-0.25, -0.2) is 9.37 Å². The van der Waals surface area contributed by atoms with E-state index < -0.39 is 0 Å². The predicted molar refractivity (Wildman–Crippen MR) is 75.7 cm³/mol. The van der Waals surface area contributed by atoms with E-state index >= 15 is 0 Å². The van der Waals surface area contributed by atoms with Crippen molar-refractivity contribution in [2.24, 2.45) is 0 Å². The average molecular weight is 272 g/mol. The van der Waals surface area contributed by atoms with Crippen molar-refractivity contribution in [2.75, 3.05) is 6.61 Å². The lowest BCUT2D eigenvalue weighted by Crippen LogP contribution is -2.06. The molecule has 1 N–H and O–H groups in total. The molecule has 0 saturated carbocycles. The highest BCUT2D eigenvalue weighted by Crippen LogP contribution is 2.13. The number of aliphatic hydroxyl groups is 1. The van der Waals surface area contributed by atoms with Crippen LogP contribution < -0.4 is 0 Å². The van der Waals surface area contributed by atoms with E-state index in [1.54, 1.807) is 18.3 Å². The summed E-state index contributed by atoms with van der Waals surface area (Å²) in [6, 6.07) is 4.89. The number of rotatable bonds is 4. The number of imidazole rings is 1. The van der Waals surface area contributed by atoms with Gasteiger partial charge >= 0.3 is 0 Å². The molecule has 1 aromatic heterocycles. The van der Waals surface area contributed by atoms with Crippen molar-refractivity contribution < 1.29 is 9.50 Å². The molecule has 20 heavy (non-hydrogen) atoms. The summed E-state index contributed by atoms with van der Waals surface area (Å²) in [5.41, 5.74) is 1.18. The molecule has 3 nitrogen and oxygen atoms in total.